The van der Waals surface area contributed by atoms with Gasteiger partial charge in [0, 0.05) is 19.2 Å². The van der Waals surface area contributed by atoms with Gasteiger partial charge in [0.15, 0.2) is 0 Å². The van der Waals surface area contributed by atoms with E-state index in [1.165, 1.54) is 5.56 Å². The summed E-state index contributed by atoms with van der Waals surface area (Å²) in [6.45, 7) is 10.5. The van der Waals surface area contributed by atoms with Gasteiger partial charge in [-0.3, -0.25) is 0 Å². The van der Waals surface area contributed by atoms with E-state index < -0.39 is 0 Å². The number of hydrogen-bond donors (Lipinski definition) is 1. The van der Waals surface area contributed by atoms with Crippen molar-refractivity contribution in [3.63, 3.8) is 0 Å². The second-order valence-corrected chi connectivity index (χ2v) is 5.25. The van der Waals surface area contributed by atoms with E-state index in [2.05, 4.69) is 38.2 Å². The second kappa shape index (κ2) is 11.5. The first kappa shape index (κ1) is 18.0. The quantitative estimate of drug-likeness (QED) is 0.602. The lowest BCUT2D eigenvalue weighted by Gasteiger charge is -2.10. The van der Waals surface area contributed by atoms with Gasteiger partial charge in [-0.25, -0.2) is 0 Å². The van der Waals surface area contributed by atoms with E-state index in [-0.39, 0.29) is 0 Å². The average molecular weight is 295 g/mol. The van der Waals surface area contributed by atoms with Gasteiger partial charge in [0.25, 0.3) is 0 Å². The minimum atomic E-state index is 0.499. The summed E-state index contributed by atoms with van der Waals surface area (Å²) < 4.78 is 16.4. The molecule has 0 amide bonds. The molecule has 0 atom stereocenters. The van der Waals surface area contributed by atoms with Crippen LogP contribution in [-0.4, -0.2) is 39.1 Å². The van der Waals surface area contributed by atoms with Crippen LogP contribution >= 0.6 is 0 Å². The third kappa shape index (κ3) is 9.45. The van der Waals surface area contributed by atoms with E-state index in [9.17, 15) is 0 Å². The lowest BCUT2D eigenvalue weighted by atomic mass is 10.2. The molecule has 4 nitrogen and oxygen atoms in total. The molecule has 0 bridgehead atoms. The Bertz CT molecular complexity index is 352. The summed E-state index contributed by atoms with van der Waals surface area (Å²) >= 11 is 0. The Kier molecular flexibility index (Phi) is 9.87. The van der Waals surface area contributed by atoms with Crippen LogP contribution in [0.2, 0.25) is 0 Å². The van der Waals surface area contributed by atoms with Crippen LogP contribution in [0.4, 0.5) is 0 Å². The Labute approximate surface area is 128 Å². The van der Waals surface area contributed by atoms with Gasteiger partial charge in [0.1, 0.15) is 12.4 Å². The van der Waals surface area contributed by atoms with Crippen molar-refractivity contribution < 1.29 is 14.2 Å². The normalized spacial score (nSPS) is 11.0. The Morgan fingerprint density at radius 3 is 2.14 bits per heavy atom. The predicted molar refractivity (Wildman–Crippen MR) is 85.8 cm³/mol. The van der Waals surface area contributed by atoms with Gasteiger partial charge in [-0.05, 0) is 24.1 Å². The molecule has 0 saturated heterocycles. The fourth-order valence-electron chi connectivity index (χ4n) is 1.71. The molecule has 0 radical (unpaired) electrons. The van der Waals surface area contributed by atoms with Crippen LogP contribution in [0.3, 0.4) is 0 Å². The average Bonchev–Trinajstić information content (AvgIpc) is 2.49. The zero-order valence-electron chi connectivity index (χ0n) is 13.6. The molecule has 0 aliphatic heterocycles. The number of rotatable bonds is 12. The summed E-state index contributed by atoms with van der Waals surface area (Å²) in [6.07, 6.45) is 1.05. The van der Waals surface area contributed by atoms with E-state index in [0.29, 0.717) is 32.5 Å². The van der Waals surface area contributed by atoms with Crippen LogP contribution in [0.25, 0.3) is 0 Å². The third-order valence-electron chi connectivity index (χ3n) is 2.85. The summed E-state index contributed by atoms with van der Waals surface area (Å²) in [4.78, 5) is 0. The molecule has 120 valence electrons. The molecule has 1 N–H and O–H groups in total. The van der Waals surface area contributed by atoms with Crippen molar-refractivity contribution in [1.29, 1.82) is 0 Å². The third-order valence-corrected chi connectivity index (χ3v) is 2.85. The van der Waals surface area contributed by atoms with Crippen molar-refractivity contribution in [1.82, 2.24) is 5.32 Å². The molecule has 1 aromatic rings. The predicted octanol–water partition coefficient (Wildman–Crippen LogP) is 3.01. The summed E-state index contributed by atoms with van der Waals surface area (Å²) in [6, 6.07) is 8.68. The summed E-state index contributed by atoms with van der Waals surface area (Å²) in [5.41, 5.74) is 1.26. The standard InChI is InChI=1S/C17H29NO3/c1-4-9-19-10-11-20-12-13-21-17-7-5-16(6-8-17)14-18-15(2)3/h5-8,15,18H,4,9-14H2,1-3H3. The maximum atomic E-state index is 5.63. The minimum Gasteiger partial charge on any atom is -0.491 e. The van der Waals surface area contributed by atoms with Crippen LogP contribution in [0.5, 0.6) is 5.75 Å². The first-order chi connectivity index (χ1) is 10.2. The number of nitrogens with one attached hydrogen (secondary N) is 1. The molecule has 0 aliphatic carbocycles. The van der Waals surface area contributed by atoms with Crippen LogP contribution < -0.4 is 10.1 Å². The van der Waals surface area contributed by atoms with E-state index in [1.807, 2.05) is 12.1 Å². The minimum absolute atomic E-state index is 0.499. The molecular formula is C17H29NO3. The highest BCUT2D eigenvalue weighted by Crippen LogP contribution is 2.12. The Morgan fingerprint density at radius 1 is 0.905 bits per heavy atom. The van der Waals surface area contributed by atoms with Gasteiger partial charge >= 0.3 is 0 Å². The molecule has 0 spiro atoms. The van der Waals surface area contributed by atoms with Crippen molar-refractivity contribution >= 4 is 0 Å². The molecule has 0 aromatic heterocycles. The van der Waals surface area contributed by atoms with Gasteiger partial charge in [0.05, 0.1) is 19.8 Å². The van der Waals surface area contributed by atoms with Gasteiger partial charge < -0.3 is 19.5 Å². The topological polar surface area (TPSA) is 39.7 Å². The molecule has 0 heterocycles. The zero-order chi connectivity index (χ0) is 15.3. The Morgan fingerprint density at radius 2 is 1.52 bits per heavy atom. The highest BCUT2D eigenvalue weighted by molar-refractivity contribution is 5.27. The van der Waals surface area contributed by atoms with E-state index in [4.69, 9.17) is 14.2 Å². The molecule has 21 heavy (non-hydrogen) atoms. The van der Waals surface area contributed by atoms with Crippen molar-refractivity contribution in [2.75, 3.05) is 33.0 Å². The molecule has 0 aliphatic rings. The van der Waals surface area contributed by atoms with Gasteiger partial charge in [-0.2, -0.15) is 0 Å². The highest BCUT2D eigenvalue weighted by atomic mass is 16.5. The molecular weight excluding hydrogens is 266 g/mol. The summed E-state index contributed by atoms with van der Waals surface area (Å²) in [5.74, 6) is 0.883. The lowest BCUT2D eigenvalue weighted by Crippen LogP contribution is -2.21. The monoisotopic (exact) mass is 295 g/mol. The zero-order valence-corrected chi connectivity index (χ0v) is 13.6. The number of benzene rings is 1. The van der Waals surface area contributed by atoms with Crippen molar-refractivity contribution in [3.05, 3.63) is 29.8 Å². The molecule has 0 fully saturated rings. The van der Waals surface area contributed by atoms with Crippen LogP contribution in [0, 0.1) is 0 Å². The first-order valence-corrected chi connectivity index (χ1v) is 7.83. The molecule has 1 aromatic carbocycles. The van der Waals surface area contributed by atoms with Crippen LogP contribution in [-0.2, 0) is 16.0 Å². The number of hydrogen-bond acceptors (Lipinski definition) is 4. The molecule has 1 rings (SSSR count). The van der Waals surface area contributed by atoms with E-state index in [1.54, 1.807) is 0 Å². The summed E-state index contributed by atoms with van der Waals surface area (Å²) in [5, 5.41) is 3.39. The van der Waals surface area contributed by atoms with Crippen molar-refractivity contribution in [2.24, 2.45) is 0 Å². The highest BCUT2D eigenvalue weighted by Gasteiger charge is 1.97. The van der Waals surface area contributed by atoms with E-state index in [0.717, 1.165) is 25.3 Å². The second-order valence-electron chi connectivity index (χ2n) is 5.25. The maximum absolute atomic E-state index is 5.63. The molecule has 0 unspecified atom stereocenters. The van der Waals surface area contributed by atoms with Crippen LogP contribution in [0.1, 0.15) is 32.8 Å². The fourth-order valence-corrected chi connectivity index (χ4v) is 1.71. The Balaban J connectivity index is 2.07. The van der Waals surface area contributed by atoms with Gasteiger partial charge in [0.2, 0.25) is 0 Å². The maximum Gasteiger partial charge on any atom is 0.119 e. The molecule has 4 heteroatoms. The Hall–Kier alpha value is -1.10. The van der Waals surface area contributed by atoms with Crippen molar-refractivity contribution in [2.45, 2.75) is 39.8 Å². The smallest absolute Gasteiger partial charge is 0.119 e. The first-order valence-electron chi connectivity index (χ1n) is 7.83. The lowest BCUT2D eigenvalue weighted by molar-refractivity contribution is 0.0366. The van der Waals surface area contributed by atoms with Crippen molar-refractivity contribution in [3.8, 4) is 5.75 Å². The summed E-state index contributed by atoms with van der Waals surface area (Å²) in [7, 11) is 0. The fraction of sp³-hybridized carbons (Fsp3) is 0.647. The molecule has 0 saturated carbocycles. The van der Waals surface area contributed by atoms with Crippen LogP contribution in [0.15, 0.2) is 24.3 Å². The van der Waals surface area contributed by atoms with Gasteiger partial charge in [-0.15, -0.1) is 0 Å². The number of ether oxygens (including phenoxy) is 3. The van der Waals surface area contributed by atoms with Gasteiger partial charge in [-0.1, -0.05) is 32.9 Å². The SMILES string of the molecule is CCCOCCOCCOc1ccc(CNC(C)C)cc1. The van der Waals surface area contributed by atoms with E-state index >= 15 is 0 Å². The largest absolute Gasteiger partial charge is 0.491 e.